The lowest BCUT2D eigenvalue weighted by Crippen LogP contribution is -2.09. The van der Waals surface area contributed by atoms with E-state index < -0.39 is 0 Å². The van der Waals surface area contributed by atoms with Crippen molar-refractivity contribution >= 4 is 84.5 Å². The molecule has 1 aliphatic carbocycles. The molecule has 2 atom stereocenters. The fourth-order valence-corrected chi connectivity index (χ4v) is 4.69. The minimum absolute atomic E-state index is 0. The van der Waals surface area contributed by atoms with E-state index in [0.717, 1.165) is 41.5 Å². The molecule has 0 amide bonds. The predicted octanol–water partition coefficient (Wildman–Crippen LogP) is 4.30. The topological polar surface area (TPSA) is 63.6 Å². The third-order valence-corrected chi connectivity index (χ3v) is 6.11. The van der Waals surface area contributed by atoms with Crippen LogP contribution in [-0.4, -0.2) is 31.8 Å². The second-order valence-corrected chi connectivity index (χ2v) is 8.17. The molecule has 1 aliphatic heterocycles. The van der Waals surface area contributed by atoms with E-state index in [1.807, 2.05) is 0 Å². The van der Waals surface area contributed by atoms with Crippen LogP contribution in [0.3, 0.4) is 0 Å². The van der Waals surface area contributed by atoms with Gasteiger partial charge in [0.05, 0.1) is 0 Å². The quantitative estimate of drug-likeness (QED) is 0.623. The largest absolute Gasteiger partial charge is 0.316 e. The van der Waals surface area contributed by atoms with Gasteiger partial charge in [-0.05, 0) is 96.9 Å². The maximum Gasteiger partial charge on any atom is 0.210 e. The zero-order valence-electron chi connectivity index (χ0n) is 11.0. The third kappa shape index (κ3) is 4.68. The number of fused-ring (bicyclic) bond motifs is 1. The minimum Gasteiger partial charge on any atom is -0.316 e. The van der Waals surface area contributed by atoms with Crippen molar-refractivity contribution in [1.29, 1.82) is 0 Å². The maximum absolute atomic E-state index is 5.38. The third-order valence-electron chi connectivity index (χ3n) is 3.34. The van der Waals surface area contributed by atoms with Gasteiger partial charge in [-0.2, -0.15) is 13.7 Å². The highest BCUT2D eigenvalue weighted by atomic mass is 79.9. The number of hydrogen-bond donors (Lipinski definition) is 1. The molecule has 0 unspecified atom stereocenters. The summed E-state index contributed by atoms with van der Waals surface area (Å²) in [7, 11) is 0. The van der Waals surface area contributed by atoms with Crippen molar-refractivity contribution in [1.82, 2.24) is 24.0 Å². The Labute approximate surface area is 164 Å². The number of nitrogens with zero attached hydrogens (tertiary/aromatic N) is 4. The van der Waals surface area contributed by atoms with Gasteiger partial charge in [-0.3, -0.25) is 0 Å². The molecule has 120 valence electrons. The average molecular weight is 508 g/mol. The van der Waals surface area contributed by atoms with Crippen LogP contribution < -0.4 is 5.32 Å². The summed E-state index contributed by atoms with van der Waals surface area (Å²) in [6.07, 6.45) is 3.54. The molecule has 1 N–H and O–H groups in total. The van der Waals surface area contributed by atoms with Gasteiger partial charge in [0, 0.05) is 6.54 Å². The second-order valence-electron chi connectivity index (χ2n) is 4.66. The Morgan fingerprint density at radius 1 is 1.14 bits per heavy atom. The van der Waals surface area contributed by atoms with Crippen molar-refractivity contribution in [3.05, 3.63) is 25.0 Å². The van der Waals surface area contributed by atoms with Gasteiger partial charge < -0.3 is 5.32 Å². The molecule has 0 saturated carbocycles. The van der Waals surface area contributed by atoms with E-state index in [9.17, 15) is 0 Å². The lowest BCUT2D eigenvalue weighted by atomic mass is 10.00. The molecule has 3 heterocycles. The highest BCUT2D eigenvalue weighted by Gasteiger charge is 2.32. The molecule has 0 spiro atoms. The normalized spacial score (nSPS) is 22.4. The highest BCUT2D eigenvalue weighted by molar-refractivity contribution is 9.10. The van der Waals surface area contributed by atoms with Crippen molar-refractivity contribution in [2.24, 2.45) is 11.8 Å². The van der Waals surface area contributed by atoms with Crippen LogP contribution in [0.1, 0.15) is 11.4 Å². The summed E-state index contributed by atoms with van der Waals surface area (Å²) < 4.78 is 9.62. The van der Waals surface area contributed by atoms with Crippen LogP contribution in [0, 0.1) is 11.8 Å². The summed E-state index contributed by atoms with van der Waals surface area (Å²) in [5.74, 6) is 1.53. The van der Waals surface area contributed by atoms with Crippen LogP contribution in [0.5, 0.6) is 0 Å². The van der Waals surface area contributed by atoms with Crippen molar-refractivity contribution in [2.45, 2.75) is 6.42 Å². The molecule has 4 rings (SSSR count). The Kier molecular flexibility index (Phi) is 7.19. The van der Waals surface area contributed by atoms with Crippen LogP contribution in [0.2, 0.25) is 4.47 Å². The van der Waals surface area contributed by atoms with Crippen LogP contribution in [0.25, 0.3) is 5.57 Å². The van der Waals surface area contributed by atoms with Crippen molar-refractivity contribution in [3.8, 4) is 0 Å². The summed E-state index contributed by atoms with van der Waals surface area (Å²) in [6, 6.07) is 0. The Bertz CT molecular complexity index is 646. The monoisotopic (exact) mass is 505 g/mol. The van der Waals surface area contributed by atoms with Crippen LogP contribution in [0.4, 0.5) is 0 Å². The first-order valence-electron chi connectivity index (χ1n) is 6.17. The zero-order chi connectivity index (χ0) is 14.8. The molecule has 0 radical (unpaired) electrons. The minimum atomic E-state index is 0. The molecule has 2 aromatic rings. The van der Waals surface area contributed by atoms with Gasteiger partial charge in [-0.25, -0.2) is 4.98 Å². The SMILES string of the molecule is Brc1nsc(C2=C[C@H]3CNC[C@H]3C2)n1.Cl.Clc1nc(Br)ns1. The summed E-state index contributed by atoms with van der Waals surface area (Å²) in [4.78, 5) is 8.06. The molecule has 1 saturated heterocycles. The first-order valence-corrected chi connectivity index (χ1v) is 9.68. The van der Waals surface area contributed by atoms with Crippen LogP contribution >= 0.6 is 78.9 Å². The smallest absolute Gasteiger partial charge is 0.210 e. The maximum atomic E-state index is 5.38. The van der Waals surface area contributed by atoms with E-state index in [1.165, 1.54) is 23.5 Å². The van der Waals surface area contributed by atoms with Crippen molar-refractivity contribution < 1.29 is 0 Å². The van der Waals surface area contributed by atoms with Gasteiger partial charge in [-0.1, -0.05) is 6.08 Å². The van der Waals surface area contributed by atoms with Gasteiger partial charge in [0.2, 0.25) is 13.9 Å². The second kappa shape index (κ2) is 8.46. The number of hydrogen-bond acceptors (Lipinski definition) is 7. The number of allylic oxidation sites excluding steroid dienone is 1. The van der Waals surface area contributed by atoms with E-state index >= 15 is 0 Å². The van der Waals surface area contributed by atoms with E-state index in [4.69, 9.17) is 11.6 Å². The number of aromatic nitrogens is 4. The van der Waals surface area contributed by atoms with E-state index in [-0.39, 0.29) is 12.4 Å². The molecule has 11 heteroatoms. The number of halogens is 4. The van der Waals surface area contributed by atoms with Gasteiger partial charge in [0.25, 0.3) is 0 Å². The average Bonchev–Trinajstić information content (AvgIpc) is 3.14. The molecule has 0 bridgehead atoms. The standard InChI is InChI=1S/C9H10BrN3S.C2BrClN2S.ClH/c10-9-12-8(14-13-9)5-1-6-3-11-4-7(6)2-5;3-1-5-2(4)7-6-1;/h1,6-7,11H,2-4H2;;1H/t6-,7+;;/m0../s1. The first-order chi connectivity index (χ1) is 10.1. The first kappa shape index (κ1) is 18.7. The van der Waals surface area contributed by atoms with Crippen molar-refractivity contribution in [2.75, 3.05) is 13.1 Å². The van der Waals surface area contributed by atoms with E-state index in [1.54, 1.807) is 0 Å². The number of nitrogens with one attached hydrogen (secondary N) is 1. The molecular weight excluding hydrogens is 497 g/mol. The predicted molar refractivity (Wildman–Crippen MR) is 99.9 cm³/mol. The Morgan fingerprint density at radius 2 is 1.86 bits per heavy atom. The van der Waals surface area contributed by atoms with Gasteiger partial charge in [-0.15, -0.1) is 12.4 Å². The summed E-state index contributed by atoms with van der Waals surface area (Å²) in [5.41, 5.74) is 1.39. The fraction of sp³-hybridized carbons (Fsp3) is 0.455. The van der Waals surface area contributed by atoms with Crippen LogP contribution in [-0.2, 0) is 0 Å². The lowest BCUT2D eigenvalue weighted by Gasteiger charge is -2.04. The molecular formula is C11H11Br2Cl2N5S2. The lowest BCUT2D eigenvalue weighted by molar-refractivity contribution is 0.536. The molecule has 1 fully saturated rings. The molecule has 5 nitrogen and oxygen atoms in total. The van der Waals surface area contributed by atoms with E-state index in [2.05, 4.69) is 62.0 Å². The van der Waals surface area contributed by atoms with E-state index in [0.29, 0.717) is 13.9 Å². The van der Waals surface area contributed by atoms with Crippen molar-refractivity contribution in [3.63, 3.8) is 0 Å². The molecule has 2 aliphatic rings. The number of rotatable bonds is 1. The molecule has 22 heavy (non-hydrogen) atoms. The Morgan fingerprint density at radius 3 is 2.36 bits per heavy atom. The molecule has 2 aromatic heterocycles. The molecule has 0 aromatic carbocycles. The fourth-order valence-electron chi connectivity index (χ4n) is 2.46. The van der Waals surface area contributed by atoms with Gasteiger partial charge in [0.1, 0.15) is 5.01 Å². The Hall–Kier alpha value is 0.360. The summed E-state index contributed by atoms with van der Waals surface area (Å²) in [5, 5.41) is 4.50. The highest BCUT2D eigenvalue weighted by Crippen LogP contribution is 2.38. The van der Waals surface area contributed by atoms with Crippen LogP contribution in [0.15, 0.2) is 15.5 Å². The van der Waals surface area contributed by atoms with Gasteiger partial charge >= 0.3 is 0 Å². The summed E-state index contributed by atoms with van der Waals surface area (Å²) in [6.45, 7) is 2.29. The summed E-state index contributed by atoms with van der Waals surface area (Å²) >= 11 is 14.4. The Balaban J connectivity index is 0.000000189. The van der Waals surface area contributed by atoms with Gasteiger partial charge in [0.15, 0.2) is 0 Å². The zero-order valence-corrected chi connectivity index (χ0v) is 17.4.